The lowest BCUT2D eigenvalue weighted by atomic mass is 9.97. The summed E-state index contributed by atoms with van der Waals surface area (Å²) in [6, 6.07) is 3.06. The maximum atomic E-state index is 12.8. The van der Waals surface area contributed by atoms with Crippen molar-refractivity contribution in [1.29, 1.82) is 0 Å². The van der Waals surface area contributed by atoms with Gasteiger partial charge in [-0.25, -0.2) is 13.2 Å². The Morgan fingerprint density at radius 2 is 1.96 bits per heavy atom. The Morgan fingerprint density at radius 1 is 1.33 bits per heavy atom. The maximum absolute atomic E-state index is 12.8. The first-order valence-electron chi connectivity index (χ1n) is 8.15. The third-order valence-corrected chi connectivity index (χ3v) is 6.94. The molecule has 11 heteroatoms. The van der Waals surface area contributed by atoms with Crippen LogP contribution in [0.1, 0.15) is 12.8 Å². The van der Waals surface area contributed by atoms with Gasteiger partial charge < -0.3 is 15.2 Å². The van der Waals surface area contributed by atoms with Crippen LogP contribution < -0.4 is 5.32 Å². The lowest BCUT2D eigenvalue weighted by Gasteiger charge is -2.31. The molecule has 1 heterocycles. The van der Waals surface area contributed by atoms with Gasteiger partial charge in [0, 0.05) is 24.0 Å². The first-order valence-corrected chi connectivity index (χ1v) is 10.3. The predicted molar refractivity (Wildman–Crippen MR) is 99.0 cm³/mol. The number of ether oxygens (including phenoxy) is 1. The van der Waals surface area contributed by atoms with Gasteiger partial charge in [-0.05, 0) is 31.0 Å². The van der Waals surface area contributed by atoms with Crippen LogP contribution in [-0.2, 0) is 24.3 Å². The molecule has 27 heavy (non-hydrogen) atoms. The van der Waals surface area contributed by atoms with E-state index in [1.54, 1.807) is 0 Å². The van der Waals surface area contributed by atoms with Gasteiger partial charge in [0.1, 0.15) is 4.90 Å². The molecule has 1 saturated heterocycles. The van der Waals surface area contributed by atoms with Gasteiger partial charge in [-0.2, -0.15) is 4.31 Å². The zero-order valence-corrected chi connectivity index (χ0v) is 16.9. The third kappa shape index (κ3) is 5.11. The van der Waals surface area contributed by atoms with Gasteiger partial charge in [0.05, 0.1) is 18.7 Å². The molecule has 2 N–H and O–H groups in total. The number of hydrogen-bond donors (Lipinski definition) is 2. The summed E-state index contributed by atoms with van der Waals surface area (Å²) in [6.07, 6.45) is 0.533. The summed E-state index contributed by atoms with van der Waals surface area (Å²) in [5.74, 6) is -1.66. The number of methoxy groups -OCH3 is 1. The zero-order chi connectivity index (χ0) is 20.2. The van der Waals surface area contributed by atoms with Gasteiger partial charge in [-0.15, -0.1) is 0 Å². The first kappa shape index (κ1) is 21.9. The second kappa shape index (κ2) is 9.20. The molecule has 0 aliphatic carbocycles. The number of aliphatic hydroxyl groups excluding tert-OH is 1. The van der Waals surface area contributed by atoms with Gasteiger partial charge in [0.15, 0.2) is 6.04 Å². The number of piperidine rings is 1. The van der Waals surface area contributed by atoms with Crippen molar-refractivity contribution < 1.29 is 27.9 Å². The molecule has 0 saturated carbocycles. The van der Waals surface area contributed by atoms with Gasteiger partial charge in [0.2, 0.25) is 15.9 Å². The van der Waals surface area contributed by atoms with Crippen molar-refractivity contribution in [2.24, 2.45) is 5.92 Å². The van der Waals surface area contributed by atoms with E-state index in [1.165, 1.54) is 22.5 Å². The van der Waals surface area contributed by atoms with E-state index >= 15 is 0 Å². The molecule has 0 aromatic heterocycles. The Kier molecular flexibility index (Phi) is 7.47. The molecular weight excluding hydrogens is 419 g/mol. The number of carbonyl (C=O) groups is 2. The minimum Gasteiger partial charge on any atom is -0.467 e. The van der Waals surface area contributed by atoms with Crippen molar-refractivity contribution in [1.82, 2.24) is 9.62 Å². The van der Waals surface area contributed by atoms with E-state index < -0.39 is 40.5 Å². The SMILES string of the molecule is COC(=O)C(CO)NC(=O)C1CCN(S(=O)(=O)c2cc(Cl)ccc2Cl)CC1. The predicted octanol–water partition coefficient (Wildman–Crippen LogP) is 1.04. The Balaban J connectivity index is 2.03. The van der Waals surface area contributed by atoms with Gasteiger partial charge >= 0.3 is 5.97 Å². The summed E-state index contributed by atoms with van der Waals surface area (Å²) in [7, 11) is -2.68. The summed E-state index contributed by atoms with van der Waals surface area (Å²) < 4.78 is 31.3. The van der Waals surface area contributed by atoms with Crippen molar-refractivity contribution >= 4 is 45.1 Å². The quantitative estimate of drug-likeness (QED) is 0.641. The first-order chi connectivity index (χ1) is 12.7. The Hall–Kier alpha value is -1.39. The molecular formula is C16H20Cl2N2O6S. The fraction of sp³-hybridized carbons (Fsp3) is 0.500. The normalized spacial score (nSPS) is 17.3. The van der Waals surface area contributed by atoms with E-state index in [-0.39, 0.29) is 40.9 Å². The van der Waals surface area contributed by atoms with Crippen LogP contribution >= 0.6 is 23.2 Å². The van der Waals surface area contributed by atoms with E-state index in [4.69, 9.17) is 23.2 Å². The molecule has 1 fully saturated rings. The van der Waals surface area contributed by atoms with E-state index in [9.17, 15) is 23.1 Å². The molecule has 1 aliphatic rings. The number of rotatable bonds is 6. The van der Waals surface area contributed by atoms with E-state index in [2.05, 4.69) is 10.1 Å². The summed E-state index contributed by atoms with van der Waals surface area (Å²) in [6.45, 7) is -0.352. The van der Waals surface area contributed by atoms with Crippen LogP contribution in [0.15, 0.2) is 23.1 Å². The van der Waals surface area contributed by atoms with Crippen molar-refractivity contribution in [3.63, 3.8) is 0 Å². The lowest BCUT2D eigenvalue weighted by molar-refractivity contribution is -0.146. The van der Waals surface area contributed by atoms with E-state index in [0.29, 0.717) is 0 Å². The number of nitrogens with one attached hydrogen (secondary N) is 1. The number of aliphatic hydroxyl groups is 1. The molecule has 8 nitrogen and oxygen atoms in total. The highest BCUT2D eigenvalue weighted by Gasteiger charge is 2.34. The number of halogens is 2. The van der Waals surface area contributed by atoms with Crippen LogP contribution in [0.5, 0.6) is 0 Å². The van der Waals surface area contributed by atoms with Crippen molar-refractivity contribution in [3.8, 4) is 0 Å². The van der Waals surface area contributed by atoms with Crippen LogP contribution in [0.25, 0.3) is 0 Å². The minimum absolute atomic E-state index is 0.0723. The summed E-state index contributed by atoms with van der Waals surface area (Å²) in [4.78, 5) is 23.7. The highest BCUT2D eigenvalue weighted by atomic mass is 35.5. The van der Waals surface area contributed by atoms with Crippen LogP contribution in [-0.4, -0.2) is 62.6 Å². The molecule has 0 spiro atoms. The van der Waals surface area contributed by atoms with Gasteiger partial charge in [-0.3, -0.25) is 4.79 Å². The van der Waals surface area contributed by atoms with E-state index in [0.717, 1.165) is 7.11 Å². The zero-order valence-electron chi connectivity index (χ0n) is 14.5. The molecule has 1 aromatic rings. The number of benzene rings is 1. The molecule has 1 aliphatic heterocycles. The highest BCUT2D eigenvalue weighted by Crippen LogP contribution is 2.30. The molecule has 2 rings (SSSR count). The topological polar surface area (TPSA) is 113 Å². The van der Waals surface area contributed by atoms with Crippen molar-refractivity contribution in [3.05, 3.63) is 28.2 Å². The number of hydrogen-bond acceptors (Lipinski definition) is 6. The van der Waals surface area contributed by atoms with Gasteiger partial charge in [-0.1, -0.05) is 23.2 Å². The number of nitrogens with zero attached hydrogens (tertiary/aromatic N) is 1. The van der Waals surface area contributed by atoms with Crippen LogP contribution in [0.3, 0.4) is 0 Å². The average Bonchev–Trinajstić information content (AvgIpc) is 2.67. The van der Waals surface area contributed by atoms with Crippen molar-refractivity contribution in [2.75, 3.05) is 26.8 Å². The monoisotopic (exact) mass is 438 g/mol. The second-order valence-corrected chi connectivity index (χ2v) is 8.77. The fourth-order valence-corrected chi connectivity index (χ4v) is 4.99. The van der Waals surface area contributed by atoms with E-state index in [1.807, 2.05) is 0 Å². The Bertz CT molecular complexity index is 809. The van der Waals surface area contributed by atoms with Crippen LogP contribution in [0, 0.1) is 5.92 Å². The van der Waals surface area contributed by atoms with Gasteiger partial charge in [0.25, 0.3) is 0 Å². The number of esters is 1. The lowest BCUT2D eigenvalue weighted by Crippen LogP contribution is -2.49. The minimum atomic E-state index is -3.84. The summed E-state index contributed by atoms with van der Waals surface area (Å²) >= 11 is 11.9. The summed E-state index contributed by atoms with van der Waals surface area (Å²) in [5.41, 5.74) is 0. The molecule has 1 atom stereocenters. The molecule has 150 valence electrons. The average molecular weight is 439 g/mol. The maximum Gasteiger partial charge on any atom is 0.330 e. The largest absolute Gasteiger partial charge is 0.467 e. The molecule has 1 aromatic carbocycles. The third-order valence-electron chi connectivity index (χ3n) is 4.32. The molecule has 0 bridgehead atoms. The Morgan fingerprint density at radius 3 is 2.52 bits per heavy atom. The number of sulfonamides is 1. The number of amides is 1. The smallest absolute Gasteiger partial charge is 0.330 e. The second-order valence-electron chi connectivity index (χ2n) is 6.02. The Labute approximate surface area is 167 Å². The molecule has 0 radical (unpaired) electrons. The molecule has 1 unspecified atom stereocenters. The standard InChI is InChI=1S/C16H20Cl2N2O6S/c1-26-16(23)13(9-21)19-15(22)10-4-6-20(7-5-10)27(24,25)14-8-11(17)2-3-12(14)18/h2-3,8,10,13,21H,4-7,9H2,1H3,(H,19,22). The fourth-order valence-electron chi connectivity index (χ4n) is 2.78. The van der Waals surface area contributed by atoms with Crippen LogP contribution in [0.2, 0.25) is 10.0 Å². The molecule has 1 amide bonds. The van der Waals surface area contributed by atoms with Crippen LogP contribution in [0.4, 0.5) is 0 Å². The number of carbonyl (C=O) groups excluding carboxylic acids is 2. The summed E-state index contributed by atoms with van der Waals surface area (Å²) in [5, 5.41) is 11.9. The van der Waals surface area contributed by atoms with Crippen molar-refractivity contribution in [2.45, 2.75) is 23.8 Å². The highest BCUT2D eigenvalue weighted by molar-refractivity contribution is 7.89.